The van der Waals surface area contributed by atoms with Gasteiger partial charge < -0.3 is 20.7 Å². The van der Waals surface area contributed by atoms with Crippen LogP contribution in [0.1, 0.15) is 49.5 Å². The standard InChI is InChI=1S/C25H34N4O2/c1-4-26-25(27-16-20-7-5-9-23(15-20)29-19(3)30)28-17-22-8-6-14-31-24(22)21-12-10-18(2)11-13-21/h5,7,9-13,15,22,24H,4,6,8,14,16-17H2,1-3H3,(H,29,30)(H2,26,27,28). The maximum atomic E-state index is 11.3. The van der Waals surface area contributed by atoms with Crippen LogP contribution in [0, 0.1) is 12.8 Å². The number of anilines is 1. The molecule has 3 rings (SSSR count). The number of nitrogens with zero attached hydrogens (tertiary/aromatic N) is 1. The molecule has 6 heteroatoms. The van der Waals surface area contributed by atoms with Crippen molar-refractivity contribution in [2.45, 2.75) is 46.3 Å². The molecule has 1 fully saturated rings. The van der Waals surface area contributed by atoms with E-state index < -0.39 is 0 Å². The highest BCUT2D eigenvalue weighted by Crippen LogP contribution is 2.33. The Bertz CT molecular complexity index is 879. The van der Waals surface area contributed by atoms with E-state index >= 15 is 0 Å². The van der Waals surface area contributed by atoms with Gasteiger partial charge in [0.2, 0.25) is 5.91 Å². The van der Waals surface area contributed by atoms with Crippen LogP contribution in [0.2, 0.25) is 0 Å². The van der Waals surface area contributed by atoms with Crippen LogP contribution in [0.3, 0.4) is 0 Å². The molecular weight excluding hydrogens is 388 g/mol. The Morgan fingerprint density at radius 2 is 1.97 bits per heavy atom. The van der Waals surface area contributed by atoms with Crippen molar-refractivity contribution in [3.05, 3.63) is 65.2 Å². The number of benzene rings is 2. The van der Waals surface area contributed by atoms with Gasteiger partial charge in [-0.3, -0.25) is 4.79 Å². The summed E-state index contributed by atoms with van der Waals surface area (Å²) in [6.45, 7) is 8.62. The van der Waals surface area contributed by atoms with E-state index in [1.807, 2.05) is 24.3 Å². The van der Waals surface area contributed by atoms with E-state index in [9.17, 15) is 4.79 Å². The second kappa shape index (κ2) is 11.5. The summed E-state index contributed by atoms with van der Waals surface area (Å²) in [5.41, 5.74) is 4.34. The van der Waals surface area contributed by atoms with Gasteiger partial charge in [0, 0.05) is 38.2 Å². The van der Waals surface area contributed by atoms with Crippen LogP contribution in [-0.2, 0) is 16.1 Å². The number of aryl methyl sites for hydroxylation is 1. The van der Waals surface area contributed by atoms with Crippen LogP contribution < -0.4 is 16.0 Å². The first-order chi connectivity index (χ1) is 15.0. The topological polar surface area (TPSA) is 74.8 Å². The maximum Gasteiger partial charge on any atom is 0.221 e. The normalized spacial score (nSPS) is 19.0. The van der Waals surface area contributed by atoms with Crippen LogP contribution in [0.5, 0.6) is 0 Å². The first-order valence-corrected chi connectivity index (χ1v) is 11.1. The van der Waals surface area contributed by atoms with Crippen LogP contribution in [0.25, 0.3) is 0 Å². The first-order valence-electron chi connectivity index (χ1n) is 11.1. The van der Waals surface area contributed by atoms with Gasteiger partial charge in [0.1, 0.15) is 0 Å². The number of hydrogen-bond donors (Lipinski definition) is 3. The highest BCUT2D eigenvalue weighted by molar-refractivity contribution is 5.88. The minimum absolute atomic E-state index is 0.0755. The number of hydrogen-bond acceptors (Lipinski definition) is 3. The highest BCUT2D eigenvalue weighted by Gasteiger charge is 2.27. The SMILES string of the molecule is CCNC(=NCc1cccc(NC(C)=O)c1)NCC1CCCOC1c1ccc(C)cc1. The van der Waals surface area contributed by atoms with Crippen molar-refractivity contribution >= 4 is 17.6 Å². The molecule has 0 radical (unpaired) electrons. The molecule has 0 aromatic heterocycles. The molecule has 1 amide bonds. The Morgan fingerprint density at radius 1 is 1.16 bits per heavy atom. The largest absolute Gasteiger partial charge is 0.373 e. The van der Waals surface area contributed by atoms with Crippen LogP contribution >= 0.6 is 0 Å². The molecule has 2 unspecified atom stereocenters. The number of nitrogens with one attached hydrogen (secondary N) is 3. The van der Waals surface area contributed by atoms with Gasteiger partial charge in [-0.25, -0.2) is 4.99 Å². The van der Waals surface area contributed by atoms with Crippen molar-refractivity contribution < 1.29 is 9.53 Å². The van der Waals surface area contributed by atoms with Gasteiger partial charge in [-0.2, -0.15) is 0 Å². The molecule has 6 nitrogen and oxygen atoms in total. The first kappa shape index (κ1) is 22.8. The zero-order chi connectivity index (χ0) is 22.1. The fourth-order valence-corrected chi connectivity index (χ4v) is 3.87. The molecule has 0 bridgehead atoms. The third-order valence-corrected chi connectivity index (χ3v) is 5.39. The average molecular weight is 423 g/mol. The van der Waals surface area contributed by atoms with E-state index in [4.69, 9.17) is 9.73 Å². The van der Waals surface area contributed by atoms with Crippen molar-refractivity contribution in [2.75, 3.05) is 25.0 Å². The smallest absolute Gasteiger partial charge is 0.221 e. The highest BCUT2D eigenvalue weighted by atomic mass is 16.5. The summed E-state index contributed by atoms with van der Waals surface area (Å²) < 4.78 is 6.15. The number of carbonyl (C=O) groups is 1. The number of rotatable bonds is 7. The predicted octanol–water partition coefficient (Wildman–Crippen LogP) is 4.18. The summed E-state index contributed by atoms with van der Waals surface area (Å²) in [5, 5.41) is 9.65. The molecule has 1 heterocycles. The van der Waals surface area contributed by atoms with E-state index in [1.54, 1.807) is 0 Å². The second-order valence-electron chi connectivity index (χ2n) is 8.06. The van der Waals surface area contributed by atoms with Gasteiger partial charge in [0.25, 0.3) is 0 Å². The van der Waals surface area contributed by atoms with Crippen LogP contribution in [0.4, 0.5) is 5.69 Å². The zero-order valence-corrected chi connectivity index (χ0v) is 18.8. The van der Waals surface area contributed by atoms with Crippen LogP contribution in [0.15, 0.2) is 53.5 Å². The number of guanidine groups is 1. The molecule has 2 aromatic rings. The summed E-state index contributed by atoms with van der Waals surface area (Å²) in [6, 6.07) is 16.4. The third-order valence-electron chi connectivity index (χ3n) is 5.39. The van der Waals surface area contributed by atoms with Crippen molar-refractivity contribution in [1.82, 2.24) is 10.6 Å². The van der Waals surface area contributed by atoms with Gasteiger partial charge in [-0.05, 0) is 49.9 Å². The third kappa shape index (κ3) is 7.10. The molecule has 166 valence electrons. The molecule has 1 aliphatic heterocycles. The summed E-state index contributed by atoms with van der Waals surface area (Å²) in [4.78, 5) is 16.0. The lowest BCUT2D eigenvalue weighted by Crippen LogP contribution is -2.42. The Balaban J connectivity index is 1.63. The van der Waals surface area contributed by atoms with Crippen molar-refractivity contribution in [1.29, 1.82) is 0 Å². The molecule has 2 atom stereocenters. The fourth-order valence-electron chi connectivity index (χ4n) is 3.87. The van der Waals surface area contributed by atoms with Crippen molar-refractivity contribution in [2.24, 2.45) is 10.9 Å². The van der Waals surface area contributed by atoms with Crippen molar-refractivity contribution in [3.63, 3.8) is 0 Å². The average Bonchev–Trinajstić information content (AvgIpc) is 2.76. The van der Waals surface area contributed by atoms with Gasteiger partial charge in [-0.15, -0.1) is 0 Å². The Labute approximate surface area is 185 Å². The Kier molecular flexibility index (Phi) is 8.47. The molecule has 3 N–H and O–H groups in total. The fraction of sp³-hybridized carbons (Fsp3) is 0.440. The number of aliphatic imine (C=N–C) groups is 1. The lowest BCUT2D eigenvalue weighted by Gasteiger charge is -2.32. The second-order valence-corrected chi connectivity index (χ2v) is 8.06. The summed E-state index contributed by atoms with van der Waals surface area (Å²) in [7, 11) is 0. The van der Waals surface area contributed by atoms with Gasteiger partial charge in [-0.1, -0.05) is 42.0 Å². The molecule has 1 saturated heterocycles. The molecule has 0 spiro atoms. The molecule has 0 aliphatic carbocycles. The Morgan fingerprint density at radius 3 is 2.71 bits per heavy atom. The maximum absolute atomic E-state index is 11.3. The van der Waals surface area contributed by atoms with Gasteiger partial charge in [0.15, 0.2) is 5.96 Å². The van der Waals surface area contributed by atoms with E-state index in [0.29, 0.717) is 12.5 Å². The van der Waals surface area contributed by atoms with Crippen LogP contribution in [-0.4, -0.2) is 31.6 Å². The Hall–Kier alpha value is -2.86. The van der Waals surface area contributed by atoms with E-state index in [1.165, 1.54) is 18.1 Å². The number of carbonyl (C=O) groups excluding carboxylic acids is 1. The molecule has 0 saturated carbocycles. The summed E-state index contributed by atoms with van der Waals surface area (Å²) >= 11 is 0. The van der Waals surface area contributed by atoms with Crippen molar-refractivity contribution in [3.8, 4) is 0 Å². The quantitative estimate of drug-likeness (QED) is 0.462. The summed E-state index contributed by atoms with van der Waals surface area (Å²) in [5.74, 6) is 1.11. The number of amides is 1. The summed E-state index contributed by atoms with van der Waals surface area (Å²) in [6.07, 6.45) is 2.32. The minimum atomic E-state index is -0.0755. The molecule has 31 heavy (non-hydrogen) atoms. The monoisotopic (exact) mass is 422 g/mol. The minimum Gasteiger partial charge on any atom is -0.373 e. The zero-order valence-electron chi connectivity index (χ0n) is 18.8. The van der Waals surface area contributed by atoms with E-state index in [0.717, 1.165) is 49.7 Å². The number of ether oxygens (including phenoxy) is 1. The van der Waals surface area contributed by atoms with Gasteiger partial charge in [0.05, 0.1) is 12.6 Å². The van der Waals surface area contributed by atoms with E-state index in [-0.39, 0.29) is 12.0 Å². The van der Waals surface area contributed by atoms with Gasteiger partial charge >= 0.3 is 0 Å². The molecular formula is C25H34N4O2. The lowest BCUT2D eigenvalue weighted by atomic mass is 9.89. The lowest BCUT2D eigenvalue weighted by molar-refractivity contribution is -0.114. The molecule has 2 aromatic carbocycles. The molecule has 1 aliphatic rings. The van der Waals surface area contributed by atoms with E-state index in [2.05, 4.69) is 54.1 Å². The predicted molar refractivity (Wildman–Crippen MR) is 126 cm³/mol.